The maximum atomic E-state index is 12.1. The molecule has 1 amide bonds. The molecule has 23 heavy (non-hydrogen) atoms. The summed E-state index contributed by atoms with van der Waals surface area (Å²) in [4.78, 5) is 18.0. The smallest absolute Gasteiger partial charge is 0.225 e. The van der Waals surface area contributed by atoms with E-state index in [4.69, 9.17) is 0 Å². The monoisotopic (exact) mass is 346 g/mol. The molecule has 0 aromatic rings. The molecule has 1 aliphatic rings. The number of carbonyl (C=O) groups is 1. The molecule has 7 nitrogen and oxygen atoms in total. The largest absolute Gasteiger partial charge is 0.354 e. The van der Waals surface area contributed by atoms with Crippen molar-refractivity contribution in [2.75, 3.05) is 39.0 Å². The first kappa shape index (κ1) is 19.7. The lowest BCUT2D eigenvalue weighted by molar-refractivity contribution is -0.128. The molecule has 1 aliphatic heterocycles. The number of hydrogen-bond donors (Lipinski definition) is 2. The van der Waals surface area contributed by atoms with Gasteiger partial charge in [0.05, 0.1) is 10.5 Å². The Morgan fingerprint density at radius 1 is 1.22 bits per heavy atom. The second kappa shape index (κ2) is 7.07. The van der Waals surface area contributed by atoms with Gasteiger partial charge in [0, 0.05) is 38.6 Å². The van der Waals surface area contributed by atoms with Crippen molar-refractivity contribution in [1.82, 2.24) is 15.5 Å². The van der Waals surface area contributed by atoms with E-state index in [1.165, 1.54) is 0 Å². The van der Waals surface area contributed by atoms with Gasteiger partial charge in [-0.05, 0) is 13.8 Å². The van der Waals surface area contributed by atoms with E-state index in [9.17, 15) is 13.2 Å². The predicted molar refractivity (Wildman–Crippen MR) is 93.3 cm³/mol. The molecule has 8 heteroatoms. The second-order valence-corrected chi connectivity index (χ2v) is 10.2. The zero-order valence-corrected chi connectivity index (χ0v) is 15.9. The Kier molecular flexibility index (Phi) is 6.06. The predicted octanol–water partition coefficient (Wildman–Crippen LogP) is 0.233. The Labute approximate surface area is 139 Å². The van der Waals surface area contributed by atoms with E-state index in [-0.39, 0.29) is 11.7 Å². The molecule has 134 valence electrons. The van der Waals surface area contributed by atoms with Crippen LogP contribution in [0.4, 0.5) is 0 Å². The minimum atomic E-state index is -3.07. The van der Waals surface area contributed by atoms with Crippen LogP contribution in [0.25, 0.3) is 0 Å². The van der Waals surface area contributed by atoms with Crippen LogP contribution in [0.1, 0.15) is 34.6 Å². The van der Waals surface area contributed by atoms with E-state index >= 15 is 0 Å². The quantitative estimate of drug-likeness (QED) is 0.434. The topological polar surface area (TPSA) is 90.9 Å². The number of aliphatic imine (C=N–C) groups is 1. The summed E-state index contributed by atoms with van der Waals surface area (Å²) in [6.45, 7) is 10.9. The van der Waals surface area contributed by atoms with Crippen LogP contribution in [0.5, 0.6) is 0 Å². The Morgan fingerprint density at radius 2 is 1.78 bits per heavy atom. The van der Waals surface area contributed by atoms with E-state index < -0.39 is 20.0 Å². The Balaban J connectivity index is 2.52. The van der Waals surface area contributed by atoms with Gasteiger partial charge in [0.1, 0.15) is 0 Å². The van der Waals surface area contributed by atoms with E-state index in [1.54, 1.807) is 20.9 Å². The summed E-state index contributed by atoms with van der Waals surface area (Å²) in [5.41, 5.74) is -0.410. The van der Waals surface area contributed by atoms with Gasteiger partial charge in [-0.2, -0.15) is 0 Å². The molecular formula is C15H30N4O3S. The van der Waals surface area contributed by atoms with Crippen molar-refractivity contribution in [2.45, 2.75) is 39.4 Å². The number of nitrogens with zero attached hydrogens (tertiary/aromatic N) is 2. The van der Waals surface area contributed by atoms with Crippen molar-refractivity contribution in [3.63, 3.8) is 0 Å². The van der Waals surface area contributed by atoms with Crippen molar-refractivity contribution in [3.05, 3.63) is 0 Å². The number of carbonyl (C=O) groups excluding carboxylic acids is 1. The summed E-state index contributed by atoms with van der Waals surface area (Å²) in [6.07, 6.45) is 0. The Hall–Kier alpha value is -1.31. The molecule has 0 radical (unpaired) electrons. The molecule has 0 bridgehead atoms. The highest BCUT2D eigenvalue weighted by Crippen LogP contribution is 2.23. The van der Waals surface area contributed by atoms with E-state index in [1.807, 2.05) is 25.7 Å². The van der Waals surface area contributed by atoms with Gasteiger partial charge in [-0.25, -0.2) is 8.42 Å². The van der Waals surface area contributed by atoms with Gasteiger partial charge in [0.25, 0.3) is 0 Å². The van der Waals surface area contributed by atoms with Crippen LogP contribution in [0.15, 0.2) is 4.99 Å². The fourth-order valence-electron chi connectivity index (χ4n) is 2.27. The average molecular weight is 346 g/mol. The standard InChI is InChI=1S/C15H30N4O3S/c1-14(2,3)12(20)17-7-8-18-13(16-6)19-9-10-23(21,22)15(4,5)11-19/h7-11H2,1-6H3,(H,16,18)(H,17,20). The normalized spacial score (nSPS) is 21.0. The van der Waals surface area contributed by atoms with Crippen LogP contribution in [0, 0.1) is 5.41 Å². The maximum absolute atomic E-state index is 12.1. The molecule has 0 atom stereocenters. The lowest BCUT2D eigenvalue weighted by atomic mass is 9.96. The summed E-state index contributed by atoms with van der Waals surface area (Å²) in [5, 5.41) is 6.04. The number of amides is 1. The third-order valence-corrected chi connectivity index (χ3v) is 6.46. The van der Waals surface area contributed by atoms with Gasteiger partial charge in [-0.15, -0.1) is 0 Å². The molecule has 1 fully saturated rings. The maximum Gasteiger partial charge on any atom is 0.225 e. The third kappa shape index (κ3) is 5.09. The van der Waals surface area contributed by atoms with Crippen LogP contribution < -0.4 is 10.6 Å². The minimum Gasteiger partial charge on any atom is -0.354 e. The number of guanidine groups is 1. The van der Waals surface area contributed by atoms with E-state index in [2.05, 4.69) is 15.6 Å². The third-order valence-electron chi connectivity index (χ3n) is 3.93. The van der Waals surface area contributed by atoms with Crippen LogP contribution in [0.2, 0.25) is 0 Å². The van der Waals surface area contributed by atoms with Gasteiger partial charge < -0.3 is 15.5 Å². The first-order chi connectivity index (χ1) is 10.4. The van der Waals surface area contributed by atoms with Crippen molar-refractivity contribution in [1.29, 1.82) is 0 Å². The van der Waals surface area contributed by atoms with Gasteiger partial charge in [0.2, 0.25) is 5.91 Å². The first-order valence-corrected chi connectivity index (χ1v) is 9.52. The number of nitrogens with one attached hydrogen (secondary N) is 2. The molecule has 0 aromatic carbocycles. The van der Waals surface area contributed by atoms with Crippen molar-refractivity contribution >= 4 is 21.7 Å². The first-order valence-electron chi connectivity index (χ1n) is 7.87. The summed E-state index contributed by atoms with van der Waals surface area (Å²) in [6, 6.07) is 0. The molecule has 1 rings (SSSR count). The molecular weight excluding hydrogens is 316 g/mol. The van der Waals surface area contributed by atoms with Crippen LogP contribution in [0.3, 0.4) is 0 Å². The van der Waals surface area contributed by atoms with E-state index in [0.29, 0.717) is 32.1 Å². The second-order valence-electron chi connectivity index (χ2n) is 7.48. The molecule has 0 aromatic heterocycles. The molecule has 0 spiro atoms. The van der Waals surface area contributed by atoms with Gasteiger partial charge in [0.15, 0.2) is 15.8 Å². The van der Waals surface area contributed by atoms with Crippen LogP contribution >= 0.6 is 0 Å². The van der Waals surface area contributed by atoms with Crippen LogP contribution in [-0.2, 0) is 14.6 Å². The van der Waals surface area contributed by atoms with E-state index in [0.717, 1.165) is 0 Å². The molecule has 0 unspecified atom stereocenters. The number of rotatable bonds is 3. The summed E-state index contributed by atoms with van der Waals surface area (Å²) >= 11 is 0. The highest BCUT2D eigenvalue weighted by atomic mass is 32.2. The van der Waals surface area contributed by atoms with Gasteiger partial charge >= 0.3 is 0 Å². The summed E-state index contributed by atoms with van der Waals surface area (Å²) in [5.74, 6) is 0.791. The fourth-order valence-corrected chi connectivity index (χ4v) is 3.64. The average Bonchev–Trinajstić information content (AvgIpc) is 2.41. The minimum absolute atomic E-state index is 0.000475. The van der Waals surface area contributed by atoms with Gasteiger partial charge in [-0.3, -0.25) is 9.79 Å². The molecule has 0 aliphatic carbocycles. The molecule has 1 heterocycles. The van der Waals surface area contributed by atoms with Crippen LogP contribution in [-0.4, -0.2) is 68.9 Å². The highest BCUT2D eigenvalue weighted by molar-refractivity contribution is 7.92. The summed E-state index contributed by atoms with van der Waals surface area (Å²) < 4.78 is 23.3. The Bertz CT molecular complexity index is 562. The summed E-state index contributed by atoms with van der Waals surface area (Å²) in [7, 11) is -1.40. The highest BCUT2D eigenvalue weighted by Gasteiger charge is 2.40. The van der Waals surface area contributed by atoms with Gasteiger partial charge in [-0.1, -0.05) is 20.8 Å². The molecule has 2 N–H and O–H groups in total. The lowest BCUT2D eigenvalue weighted by Gasteiger charge is -2.39. The fraction of sp³-hybridized carbons (Fsp3) is 0.867. The SMILES string of the molecule is CN=C(NCCNC(=O)C(C)(C)C)N1CCS(=O)(=O)C(C)(C)C1. The Morgan fingerprint density at radius 3 is 2.26 bits per heavy atom. The van der Waals surface area contributed by atoms with Crippen molar-refractivity contribution in [2.24, 2.45) is 10.4 Å². The number of sulfone groups is 1. The molecule has 0 saturated carbocycles. The molecule has 1 saturated heterocycles. The number of hydrogen-bond acceptors (Lipinski definition) is 4. The zero-order chi connectivity index (χ0) is 17.9. The van der Waals surface area contributed by atoms with Crippen molar-refractivity contribution in [3.8, 4) is 0 Å². The lowest BCUT2D eigenvalue weighted by Crippen LogP contribution is -2.57. The van der Waals surface area contributed by atoms with Crippen molar-refractivity contribution < 1.29 is 13.2 Å². The zero-order valence-electron chi connectivity index (χ0n) is 15.1.